The van der Waals surface area contributed by atoms with Gasteiger partial charge in [0, 0.05) is 0 Å². The van der Waals surface area contributed by atoms with Gasteiger partial charge < -0.3 is 15.8 Å². The van der Waals surface area contributed by atoms with Gasteiger partial charge in [0.05, 0.1) is 0 Å². The zero-order valence-electron chi connectivity index (χ0n) is 9.37. The van der Waals surface area contributed by atoms with Gasteiger partial charge in [-0.2, -0.15) is 0 Å². The van der Waals surface area contributed by atoms with E-state index in [0.717, 1.165) is 12.8 Å². The van der Waals surface area contributed by atoms with Crippen molar-refractivity contribution in [3.8, 4) is 0 Å². The number of rotatable bonds is 3. The first-order valence-electron chi connectivity index (χ1n) is 5.08. The standard InChI is InChI=1S/C10H18N2O3/c1-10(2,3)15-9(14)12-7(8(11)13)6-4-5-6/h6-7H,4-5H2,1-3H3,(H2,11,13)(H,12,14)/t7-/m0/s1. The van der Waals surface area contributed by atoms with Gasteiger partial charge in [-0.1, -0.05) is 0 Å². The quantitative estimate of drug-likeness (QED) is 0.728. The third-order valence-electron chi connectivity index (χ3n) is 2.07. The molecule has 0 heterocycles. The molecule has 5 nitrogen and oxygen atoms in total. The fraction of sp³-hybridized carbons (Fsp3) is 0.800. The minimum absolute atomic E-state index is 0.190. The summed E-state index contributed by atoms with van der Waals surface area (Å²) in [7, 11) is 0. The van der Waals surface area contributed by atoms with Crippen molar-refractivity contribution < 1.29 is 14.3 Å². The molecule has 1 aliphatic carbocycles. The molecule has 0 aromatic rings. The number of nitrogens with one attached hydrogen (secondary N) is 1. The van der Waals surface area contributed by atoms with Crippen LogP contribution < -0.4 is 11.1 Å². The van der Waals surface area contributed by atoms with E-state index < -0.39 is 23.6 Å². The van der Waals surface area contributed by atoms with Crippen LogP contribution in [0.2, 0.25) is 0 Å². The van der Waals surface area contributed by atoms with Crippen LogP contribution in [0, 0.1) is 5.92 Å². The summed E-state index contributed by atoms with van der Waals surface area (Å²) in [5, 5.41) is 2.50. The average molecular weight is 214 g/mol. The molecular formula is C10H18N2O3. The van der Waals surface area contributed by atoms with E-state index in [1.165, 1.54) is 0 Å². The van der Waals surface area contributed by atoms with Crippen molar-refractivity contribution in [3.63, 3.8) is 0 Å². The number of alkyl carbamates (subject to hydrolysis) is 1. The van der Waals surface area contributed by atoms with Gasteiger partial charge >= 0.3 is 6.09 Å². The summed E-state index contributed by atoms with van der Waals surface area (Å²) in [5.74, 6) is -0.307. The number of carbonyl (C=O) groups is 2. The lowest BCUT2D eigenvalue weighted by Crippen LogP contribution is -2.47. The number of nitrogens with two attached hydrogens (primary N) is 1. The normalized spacial score (nSPS) is 18.1. The summed E-state index contributed by atoms with van der Waals surface area (Å²) in [4.78, 5) is 22.4. The molecule has 5 heteroatoms. The highest BCUT2D eigenvalue weighted by Crippen LogP contribution is 2.32. The van der Waals surface area contributed by atoms with Gasteiger partial charge in [0.15, 0.2) is 0 Å². The molecule has 0 aromatic heterocycles. The number of amides is 2. The summed E-state index contributed by atoms with van der Waals surface area (Å²) >= 11 is 0. The number of ether oxygens (including phenoxy) is 1. The molecule has 0 radical (unpaired) electrons. The highest BCUT2D eigenvalue weighted by atomic mass is 16.6. The molecule has 0 saturated heterocycles. The molecule has 0 spiro atoms. The summed E-state index contributed by atoms with van der Waals surface area (Å²) in [6, 6.07) is -0.583. The lowest BCUT2D eigenvalue weighted by molar-refractivity contribution is -0.120. The molecular weight excluding hydrogens is 196 g/mol. The maximum absolute atomic E-state index is 11.4. The van der Waals surface area contributed by atoms with Crippen LogP contribution in [0.25, 0.3) is 0 Å². The Bertz CT molecular complexity index is 266. The highest BCUT2D eigenvalue weighted by molar-refractivity contribution is 5.84. The Morgan fingerprint density at radius 2 is 1.93 bits per heavy atom. The van der Waals surface area contributed by atoms with Gasteiger partial charge in [-0.05, 0) is 39.5 Å². The van der Waals surface area contributed by atoms with Gasteiger partial charge in [-0.25, -0.2) is 4.79 Å². The topological polar surface area (TPSA) is 81.4 Å². The minimum Gasteiger partial charge on any atom is -0.444 e. The van der Waals surface area contributed by atoms with Crippen LogP contribution in [-0.2, 0) is 9.53 Å². The van der Waals surface area contributed by atoms with Gasteiger partial charge in [-0.3, -0.25) is 4.79 Å². The molecule has 0 bridgehead atoms. The van der Waals surface area contributed by atoms with Crippen LogP contribution in [0.15, 0.2) is 0 Å². The van der Waals surface area contributed by atoms with Gasteiger partial charge in [0.1, 0.15) is 11.6 Å². The Morgan fingerprint density at radius 1 is 1.40 bits per heavy atom. The first-order chi connectivity index (χ1) is 6.79. The fourth-order valence-corrected chi connectivity index (χ4v) is 1.29. The predicted molar refractivity (Wildman–Crippen MR) is 55.1 cm³/mol. The molecule has 2 amide bonds. The molecule has 1 aliphatic rings. The Labute approximate surface area is 89.3 Å². The van der Waals surface area contributed by atoms with Crippen molar-refractivity contribution in [2.24, 2.45) is 11.7 Å². The largest absolute Gasteiger partial charge is 0.444 e. The maximum atomic E-state index is 11.4. The summed E-state index contributed by atoms with van der Waals surface area (Å²) in [6.45, 7) is 5.30. The number of hydrogen-bond donors (Lipinski definition) is 2. The van der Waals surface area contributed by atoms with E-state index in [-0.39, 0.29) is 5.92 Å². The first-order valence-corrected chi connectivity index (χ1v) is 5.08. The van der Waals surface area contributed by atoms with E-state index in [1.807, 2.05) is 0 Å². The van der Waals surface area contributed by atoms with E-state index in [9.17, 15) is 9.59 Å². The molecule has 1 fully saturated rings. The SMILES string of the molecule is CC(C)(C)OC(=O)N[C@H](C(N)=O)C1CC1. The van der Waals surface area contributed by atoms with E-state index in [2.05, 4.69) is 5.32 Å². The monoisotopic (exact) mass is 214 g/mol. The zero-order valence-corrected chi connectivity index (χ0v) is 9.37. The molecule has 86 valence electrons. The first kappa shape index (κ1) is 11.8. The smallest absolute Gasteiger partial charge is 0.408 e. The Morgan fingerprint density at radius 3 is 2.27 bits per heavy atom. The molecule has 3 N–H and O–H groups in total. The highest BCUT2D eigenvalue weighted by Gasteiger charge is 2.36. The van der Waals surface area contributed by atoms with Gasteiger partial charge in [0.2, 0.25) is 5.91 Å². The molecule has 0 aliphatic heterocycles. The van der Waals surface area contributed by atoms with Crippen LogP contribution in [0.1, 0.15) is 33.6 Å². The van der Waals surface area contributed by atoms with Gasteiger partial charge in [0.25, 0.3) is 0 Å². The Hall–Kier alpha value is -1.26. The number of primary amides is 1. The van der Waals surface area contributed by atoms with Crippen molar-refractivity contribution in [1.29, 1.82) is 0 Å². The lowest BCUT2D eigenvalue weighted by atomic mass is 10.2. The number of hydrogen-bond acceptors (Lipinski definition) is 3. The molecule has 1 atom stereocenters. The summed E-state index contributed by atoms with van der Waals surface area (Å²) in [5.41, 5.74) is 4.62. The van der Waals surface area contributed by atoms with Crippen LogP contribution in [0.5, 0.6) is 0 Å². The van der Waals surface area contributed by atoms with E-state index in [1.54, 1.807) is 20.8 Å². The van der Waals surface area contributed by atoms with Crippen LogP contribution in [0.4, 0.5) is 4.79 Å². The molecule has 15 heavy (non-hydrogen) atoms. The summed E-state index contributed by atoms with van der Waals surface area (Å²) < 4.78 is 5.04. The minimum atomic E-state index is -0.585. The molecule has 0 aromatic carbocycles. The van der Waals surface area contributed by atoms with Gasteiger partial charge in [-0.15, -0.1) is 0 Å². The third kappa shape index (κ3) is 4.18. The van der Waals surface area contributed by atoms with Crippen molar-refractivity contribution in [2.75, 3.05) is 0 Å². The zero-order chi connectivity index (χ0) is 11.6. The van der Waals surface area contributed by atoms with E-state index >= 15 is 0 Å². The second-order valence-corrected chi connectivity index (χ2v) is 4.86. The average Bonchev–Trinajstić information content (AvgIpc) is 2.78. The van der Waals surface area contributed by atoms with Crippen LogP contribution in [0.3, 0.4) is 0 Å². The lowest BCUT2D eigenvalue weighted by Gasteiger charge is -2.22. The number of carbonyl (C=O) groups excluding carboxylic acids is 2. The van der Waals surface area contributed by atoms with Crippen LogP contribution in [-0.4, -0.2) is 23.6 Å². The maximum Gasteiger partial charge on any atom is 0.408 e. The van der Waals surface area contributed by atoms with E-state index in [4.69, 9.17) is 10.5 Å². The summed E-state index contributed by atoms with van der Waals surface area (Å²) in [6.07, 6.45) is 1.28. The second-order valence-electron chi connectivity index (χ2n) is 4.86. The Balaban J connectivity index is 2.44. The predicted octanol–water partition coefficient (Wildman–Crippen LogP) is 0.775. The van der Waals surface area contributed by atoms with Crippen molar-refractivity contribution >= 4 is 12.0 Å². The molecule has 1 saturated carbocycles. The second kappa shape index (κ2) is 4.08. The molecule has 0 unspecified atom stereocenters. The molecule has 1 rings (SSSR count). The van der Waals surface area contributed by atoms with Crippen molar-refractivity contribution in [1.82, 2.24) is 5.32 Å². The van der Waals surface area contributed by atoms with E-state index in [0.29, 0.717) is 0 Å². The van der Waals surface area contributed by atoms with Crippen molar-refractivity contribution in [2.45, 2.75) is 45.3 Å². The third-order valence-corrected chi connectivity index (χ3v) is 2.07. The fourth-order valence-electron chi connectivity index (χ4n) is 1.29. The van der Waals surface area contributed by atoms with Crippen molar-refractivity contribution in [3.05, 3.63) is 0 Å². The Kier molecular flexibility index (Phi) is 3.21. The van der Waals surface area contributed by atoms with Crippen LogP contribution >= 0.6 is 0 Å².